The molecule has 0 bridgehead atoms. The van der Waals surface area contributed by atoms with Crippen LogP contribution < -0.4 is 14.9 Å². The molecule has 1 atom stereocenters. The highest BCUT2D eigenvalue weighted by atomic mass is 35.5. The summed E-state index contributed by atoms with van der Waals surface area (Å²) in [6, 6.07) is 12.8. The standard InChI is InChI=1S/C32H31ClF4N4O3S/c1-20(29-25(33)7-3-8-26(29)34)15-21-9-10-27-28(16-21)41(45(43,44)24-6-2-5-22(17-24)32(35,36)37)19-23-18-39(13-14-40(23)27)31(30(38)42)11-4-12-31/h2-3,5-10,15-17,23H,4,11-14,18-19H2,1H3,(H2,38,42)/b20-15+/t23-/m0/s1. The molecule has 1 saturated carbocycles. The van der Waals surface area contributed by atoms with Gasteiger partial charge in [-0.05, 0) is 79.8 Å². The van der Waals surface area contributed by atoms with Crippen molar-refractivity contribution in [2.24, 2.45) is 5.73 Å². The van der Waals surface area contributed by atoms with Crippen LogP contribution in [0.5, 0.6) is 0 Å². The number of carbonyl (C=O) groups excluding carboxylic acids is 1. The summed E-state index contributed by atoms with van der Waals surface area (Å²) in [6.45, 7) is 2.99. The van der Waals surface area contributed by atoms with Gasteiger partial charge in [-0.15, -0.1) is 0 Å². The fourth-order valence-electron chi connectivity index (χ4n) is 6.69. The van der Waals surface area contributed by atoms with Crippen LogP contribution in [0.3, 0.4) is 0 Å². The van der Waals surface area contributed by atoms with Crippen molar-refractivity contribution < 1.29 is 30.8 Å². The molecule has 1 aliphatic carbocycles. The van der Waals surface area contributed by atoms with Crippen LogP contribution in [-0.4, -0.2) is 57.0 Å². The SMILES string of the molecule is C/C(=C\c1ccc2c(c1)N(S(=O)(=O)c1cccc(C(F)(F)F)c1)C[C@@H]1CN(C3(C(N)=O)CCC3)CCN21)c1c(F)cccc1Cl. The number of benzene rings is 3. The second-order valence-corrected chi connectivity index (χ2v) is 14.0. The Bertz CT molecular complexity index is 1790. The first-order valence-electron chi connectivity index (χ1n) is 14.5. The van der Waals surface area contributed by atoms with E-state index in [1.54, 1.807) is 37.3 Å². The van der Waals surface area contributed by atoms with Crippen molar-refractivity contribution in [3.05, 3.63) is 88.2 Å². The number of piperazine rings is 1. The predicted octanol–water partition coefficient (Wildman–Crippen LogP) is 6.17. The number of nitrogens with two attached hydrogens (primary N) is 1. The molecule has 2 heterocycles. The lowest BCUT2D eigenvalue weighted by molar-refractivity contribution is -0.138. The van der Waals surface area contributed by atoms with Crippen molar-refractivity contribution >= 4 is 50.6 Å². The summed E-state index contributed by atoms with van der Waals surface area (Å²) in [6.07, 6.45) is -0.948. The molecule has 1 saturated heterocycles. The van der Waals surface area contributed by atoms with E-state index in [1.807, 2.05) is 4.90 Å². The van der Waals surface area contributed by atoms with Gasteiger partial charge in [-0.2, -0.15) is 13.2 Å². The Balaban J connectivity index is 1.44. The molecule has 0 radical (unpaired) electrons. The molecule has 3 aromatic rings. The summed E-state index contributed by atoms with van der Waals surface area (Å²) < 4.78 is 84.9. The van der Waals surface area contributed by atoms with E-state index in [0.717, 1.165) is 28.9 Å². The maximum atomic E-state index is 14.6. The van der Waals surface area contributed by atoms with E-state index in [0.29, 0.717) is 55.4 Å². The molecule has 0 aromatic heterocycles. The first-order valence-corrected chi connectivity index (χ1v) is 16.3. The third-order valence-electron chi connectivity index (χ3n) is 9.17. The molecule has 3 aliphatic rings. The lowest BCUT2D eigenvalue weighted by Crippen LogP contribution is -2.70. The van der Waals surface area contributed by atoms with Crippen LogP contribution in [0.1, 0.15) is 42.9 Å². The molecule has 3 aromatic carbocycles. The number of amides is 1. The summed E-state index contributed by atoms with van der Waals surface area (Å²) in [5, 5.41) is 0.219. The number of nitrogens with zero attached hydrogens (tertiary/aromatic N) is 3. The van der Waals surface area contributed by atoms with Gasteiger partial charge in [0.25, 0.3) is 10.0 Å². The molecule has 2 N–H and O–H groups in total. The van der Waals surface area contributed by atoms with Gasteiger partial charge in [0, 0.05) is 25.2 Å². The number of sulfonamides is 1. The van der Waals surface area contributed by atoms with Gasteiger partial charge in [0.15, 0.2) is 0 Å². The van der Waals surface area contributed by atoms with Crippen molar-refractivity contribution in [1.29, 1.82) is 0 Å². The minimum Gasteiger partial charge on any atom is -0.368 e. The van der Waals surface area contributed by atoms with Crippen molar-refractivity contribution in [3.8, 4) is 0 Å². The summed E-state index contributed by atoms with van der Waals surface area (Å²) >= 11 is 6.27. The van der Waals surface area contributed by atoms with Gasteiger partial charge in [-0.25, -0.2) is 12.8 Å². The van der Waals surface area contributed by atoms with Crippen LogP contribution in [-0.2, 0) is 21.0 Å². The molecule has 7 nitrogen and oxygen atoms in total. The fraction of sp³-hybridized carbons (Fsp3) is 0.344. The van der Waals surface area contributed by atoms with Gasteiger partial charge in [0.05, 0.1) is 39.4 Å². The van der Waals surface area contributed by atoms with Crippen LogP contribution in [0.2, 0.25) is 5.02 Å². The zero-order valence-electron chi connectivity index (χ0n) is 24.3. The third-order valence-corrected chi connectivity index (χ3v) is 11.3. The Kier molecular flexibility index (Phi) is 7.90. The molecule has 13 heteroatoms. The van der Waals surface area contributed by atoms with Crippen LogP contribution in [0.25, 0.3) is 11.6 Å². The lowest BCUT2D eigenvalue weighted by atomic mass is 9.74. The number of hydrogen-bond acceptors (Lipinski definition) is 5. The lowest BCUT2D eigenvalue weighted by Gasteiger charge is -2.55. The van der Waals surface area contributed by atoms with Gasteiger partial charge in [0.2, 0.25) is 5.91 Å². The van der Waals surface area contributed by atoms with Gasteiger partial charge in [-0.1, -0.05) is 35.9 Å². The topological polar surface area (TPSA) is 87.0 Å². The zero-order valence-corrected chi connectivity index (χ0v) is 25.9. The van der Waals surface area contributed by atoms with Crippen LogP contribution in [0.15, 0.2) is 65.6 Å². The second kappa shape index (κ2) is 11.3. The van der Waals surface area contributed by atoms with Crippen LogP contribution in [0, 0.1) is 5.82 Å². The van der Waals surface area contributed by atoms with E-state index >= 15 is 0 Å². The molecule has 0 spiro atoms. The Labute approximate surface area is 263 Å². The highest BCUT2D eigenvalue weighted by Gasteiger charge is 2.51. The molecule has 2 fully saturated rings. The van der Waals surface area contributed by atoms with Crippen molar-refractivity contribution in [1.82, 2.24) is 4.90 Å². The number of rotatable bonds is 6. The van der Waals surface area contributed by atoms with Gasteiger partial charge in [0.1, 0.15) is 11.4 Å². The first kappa shape index (κ1) is 31.4. The summed E-state index contributed by atoms with van der Waals surface area (Å²) in [7, 11) is -4.49. The van der Waals surface area contributed by atoms with Crippen LogP contribution >= 0.6 is 11.6 Å². The largest absolute Gasteiger partial charge is 0.416 e. The molecule has 45 heavy (non-hydrogen) atoms. The maximum absolute atomic E-state index is 14.6. The molecule has 1 amide bonds. The normalized spacial score (nSPS) is 20.3. The Morgan fingerprint density at radius 1 is 1.02 bits per heavy atom. The summed E-state index contributed by atoms with van der Waals surface area (Å²) in [4.78, 5) is 16.1. The Morgan fingerprint density at radius 2 is 1.76 bits per heavy atom. The molecule has 0 unspecified atom stereocenters. The van der Waals surface area contributed by atoms with Crippen LogP contribution in [0.4, 0.5) is 28.9 Å². The number of alkyl halides is 3. The van der Waals surface area contributed by atoms with E-state index in [9.17, 15) is 30.8 Å². The van der Waals surface area contributed by atoms with E-state index in [4.69, 9.17) is 17.3 Å². The Morgan fingerprint density at radius 3 is 2.40 bits per heavy atom. The van der Waals surface area contributed by atoms with E-state index in [-0.39, 0.29) is 22.8 Å². The minimum absolute atomic E-state index is 0.0672. The molecule has 238 valence electrons. The average molecular weight is 663 g/mol. The maximum Gasteiger partial charge on any atom is 0.416 e. The van der Waals surface area contributed by atoms with E-state index < -0.39 is 50.0 Å². The minimum atomic E-state index is -4.73. The van der Waals surface area contributed by atoms with Gasteiger partial charge in [-0.3, -0.25) is 14.0 Å². The molecule has 6 rings (SSSR count). The van der Waals surface area contributed by atoms with Crippen molar-refractivity contribution in [2.45, 2.75) is 48.8 Å². The number of anilines is 2. The molecule has 2 aliphatic heterocycles. The third kappa shape index (κ3) is 5.46. The number of halogens is 5. The number of primary amides is 1. The van der Waals surface area contributed by atoms with E-state index in [1.165, 1.54) is 12.1 Å². The first-order chi connectivity index (χ1) is 21.2. The summed E-state index contributed by atoms with van der Waals surface area (Å²) in [5.41, 5.74) is 6.09. The van der Waals surface area contributed by atoms with Gasteiger partial charge >= 0.3 is 6.18 Å². The average Bonchev–Trinajstić information content (AvgIpc) is 2.95. The highest BCUT2D eigenvalue weighted by molar-refractivity contribution is 7.92. The molecular formula is C32H31ClF4N4O3S. The van der Waals surface area contributed by atoms with Crippen molar-refractivity contribution in [2.75, 3.05) is 35.4 Å². The number of allylic oxidation sites excluding steroid dienone is 1. The smallest absolute Gasteiger partial charge is 0.368 e. The molecular weight excluding hydrogens is 632 g/mol. The second-order valence-electron chi connectivity index (χ2n) is 11.8. The zero-order chi connectivity index (χ0) is 32.3. The number of fused-ring (bicyclic) bond motifs is 3. The monoisotopic (exact) mass is 662 g/mol. The van der Waals surface area contributed by atoms with E-state index in [2.05, 4.69) is 4.90 Å². The Hall–Kier alpha value is -3.61. The summed E-state index contributed by atoms with van der Waals surface area (Å²) in [5.74, 6) is -0.919. The quantitative estimate of drug-likeness (QED) is 0.252. The van der Waals surface area contributed by atoms with Crippen molar-refractivity contribution in [3.63, 3.8) is 0 Å². The van der Waals surface area contributed by atoms with Gasteiger partial charge < -0.3 is 10.6 Å². The highest BCUT2D eigenvalue weighted by Crippen LogP contribution is 2.44. The number of hydrogen-bond donors (Lipinski definition) is 1. The number of carbonyl (C=O) groups is 1. The predicted molar refractivity (Wildman–Crippen MR) is 166 cm³/mol. The fourth-order valence-corrected chi connectivity index (χ4v) is 8.56.